The van der Waals surface area contributed by atoms with Gasteiger partial charge < -0.3 is 10.1 Å². The van der Waals surface area contributed by atoms with Gasteiger partial charge in [0.15, 0.2) is 0 Å². The van der Waals surface area contributed by atoms with E-state index in [1.165, 1.54) is 24.1 Å². The van der Waals surface area contributed by atoms with Crippen LogP contribution in [0.25, 0.3) is 0 Å². The van der Waals surface area contributed by atoms with E-state index in [2.05, 4.69) is 37.1 Å². The Kier molecular flexibility index (Phi) is 5.20. The first-order valence-corrected chi connectivity index (χ1v) is 7.55. The molecule has 0 radical (unpaired) electrons. The largest absolute Gasteiger partial charge is 0.381 e. The van der Waals surface area contributed by atoms with Crippen LogP contribution in [-0.2, 0) is 11.2 Å². The number of hydrogen-bond donors (Lipinski definition) is 1. The van der Waals surface area contributed by atoms with Crippen molar-refractivity contribution in [1.29, 1.82) is 0 Å². The van der Waals surface area contributed by atoms with Crippen LogP contribution < -0.4 is 5.32 Å². The Morgan fingerprint density at radius 1 is 1.42 bits per heavy atom. The van der Waals surface area contributed by atoms with Crippen molar-refractivity contribution in [2.45, 2.75) is 52.5 Å². The van der Waals surface area contributed by atoms with Gasteiger partial charge in [0.2, 0.25) is 0 Å². The van der Waals surface area contributed by atoms with Crippen molar-refractivity contribution in [3.05, 3.63) is 23.5 Å². The zero-order chi connectivity index (χ0) is 13.7. The molecule has 1 saturated heterocycles. The summed E-state index contributed by atoms with van der Waals surface area (Å²) in [6.07, 6.45) is 6.51. The van der Waals surface area contributed by atoms with Crippen LogP contribution in [0.5, 0.6) is 0 Å². The Hall–Kier alpha value is -1.09. The third-order valence-corrected chi connectivity index (χ3v) is 4.07. The average molecular weight is 262 g/mol. The molecule has 1 aliphatic rings. The van der Waals surface area contributed by atoms with Crippen molar-refractivity contribution in [3.8, 4) is 0 Å². The summed E-state index contributed by atoms with van der Waals surface area (Å²) in [6, 6.07) is 2.66. The van der Waals surface area contributed by atoms with E-state index in [0.29, 0.717) is 12.0 Å². The highest BCUT2D eigenvalue weighted by molar-refractivity contribution is 5.55. The molecule has 0 aromatic carbocycles. The van der Waals surface area contributed by atoms with Gasteiger partial charge in [0.25, 0.3) is 0 Å². The summed E-state index contributed by atoms with van der Waals surface area (Å²) in [7, 11) is 0. The normalized spacial score (nSPS) is 23.3. The predicted octanol–water partition coefficient (Wildman–Crippen LogP) is 3.57. The molecule has 2 atom stereocenters. The van der Waals surface area contributed by atoms with Crippen LogP contribution >= 0.6 is 0 Å². The molecule has 0 aliphatic carbocycles. The van der Waals surface area contributed by atoms with Gasteiger partial charge in [0, 0.05) is 24.8 Å². The number of ether oxygens (including phenoxy) is 1. The average Bonchev–Trinajstić information content (AvgIpc) is 2.43. The minimum atomic E-state index is 0.530. The highest BCUT2D eigenvalue weighted by atomic mass is 16.5. The zero-order valence-corrected chi connectivity index (χ0v) is 12.4. The number of aromatic nitrogens is 1. The van der Waals surface area contributed by atoms with Gasteiger partial charge in [0.1, 0.15) is 0 Å². The molecule has 1 aliphatic heterocycles. The molecule has 3 nitrogen and oxygen atoms in total. The first kappa shape index (κ1) is 14.3. The standard InChI is InChI=1S/C16H26N2O/c1-4-6-14-11-19-10-8-15(14)18-16-12(3)17-9-7-13(16)5-2/h7,9,14-15,18H,4-6,8,10-11H2,1-3H3. The SMILES string of the molecule is CCCC1COCCC1Nc1c(CC)ccnc1C. The second-order valence-corrected chi connectivity index (χ2v) is 5.45. The van der Waals surface area contributed by atoms with E-state index in [4.69, 9.17) is 4.74 Å². The van der Waals surface area contributed by atoms with E-state index in [1.54, 1.807) is 0 Å². The molecule has 0 bridgehead atoms. The Balaban J connectivity index is 2.14. The first-order valence-electron chi connectivity index (χ1n) is 7.55. The molecule has 1 fully saturated rings. The number of hydrogen-bond acceptors (Lipinski definition) is 3. The lowest BCUT2D eigenvalue weighted by molar-refractivity contribution is 0.0433. The number of aryl methyl sites for hydroxylation is 2. The summed E-state index contributed by atoms with van der Waals surface area (Å²) in [4.78, 5) is 4.43. The van der Waals surface area contributed by atoms with Gasteiger partial charge in [-0.3, -0.25) is 4.98 Å². The van der Waals surface area contributed by atoms with Crippen LogP contribution in [-0.4, -0.2) is 24.2 Å². The van der Waals surface area contributed by atoms with Crippen LogP contribution in [0, 0.1) is 12.8 Å². The molecule has 19 heavy (non-hydrogen) atoms. The molecule has 0 spiro atoms. The lowest BCUT2D eigenvalue weighted by atomic mass is 9.91. The van der Waals surface area contributed by atoms with Gasteiger partial charge in [-0.05, 0) is 37.8 Å². The fourth-order valence-electron chi connectivity index (χ4n) is 2.94. The lowest BCUT2D eigenvalue weighted by Gasteiger charge is -2.33. The maximum atomic E-state index is 5.63. The zero-order valence-electron chi connectivity index (χ0n) is 12.4. The summed E-state index contributed by atoms with van der Waals surface area (Å²) in [6.45, 7) is 8.31. The summed E-state index contributed by atoms with van der Waals surface area (Å²) in [5.41, 5.74) is 3.73. The van der Waals surface area contributed by atoms with Gasteiger partial charge in [0.05, 0.1) is 18.0 Å². The van der Waals surface area contributed by atoms with Gasteiger partial charge in [-0.25, -0.2) is 0 Å². The molecular weight excluding hydrogens is 236 g/mol. The minimum absolute atomic E-state index is 0.530. The quantitative estimate of drug-likeness (QED) is 0.881. The monoisotopic (exact) mass is 262 g/mol. The van der Waals surface area contributed by atoms with Crippen LogP contribution in [0.2, 0.25) is 0 Å². The third-order valence-electron chi connectivity index (χ3n) is 4.07. The van der Waals surface area contributed by atoms with Crippen molar-refractivity contribution in [2.24, 2.45) is 5.92 Å². The van der Waals surface area contributed by atoms with Crippen molar-refractivity contribution in [2.75, 3.05) is 18.5 Å². The van der Waals surface area contributed by atoms with Crippen molar-refractivity contribution in [3.63, 3.8) is 0 Å². The molecule has 1 aromatic heterocycles. The lowest BCUT2D eigenvalue weighted by Crippen LogP contribution is -2.38. The number of nitrogens with zero attached hydrogens (tertiary/aromatic N) is 1. The molecule has 0 saturated carbocycles. The molecule has 2 heterocycles. The van der Waals surface area contributed by atoms with Crippen LogP contribution in [0.3, 0.4) is 0 Å². The van der Waals surface area contributed by atoms with E-state index in [9.17, 15) is 0 Å². The summed E-state index contributed by atoms with van der Waals surface area (Å²) >= 11 is 0. The number of rotatable bonds is 5. The molecule has 2 rings (SSSR count). The third kappa shape index (κ3) is 3.47. The van der Waals surface area contributed by atoms with E-state index in [0.717, 1.165) is 31.7 Å². The molecule has 2 unspecified atom stereocenters. The fraction of sp³-hybridized carbons (Fsp3) is 0.688. The van der Waals surface area contributed by atoms with Gasteiger partial charge in [-0.15, -0.1) is 0 Å². The second-order valence-electron chi connectivity index (χ2n) is 5.45. The smallest absolute Gasteiger partial charge is 0.0606 e. The van der Waals surface area contributed by atoms with Gasteiger partial charge in [-0.1, -0.05) is 20.3 Å². The van der Waals surface area contributed by atoms with Crippen molar-refractivity contribution in [1.82, 2.24) is 4.98 Å². The Morgan fingerprint density at radius 3 is 3.00 bits per heavy atom. The summed E-state index contributed by atoms with van der Waals surface area (Å²) < 4.78 is 5.63. The Morgan fingerprint density at radius 2 is 2.26 bits per heavy atom. The second kappa shape index (κ2) is 6.90. The summed E-state index contributed by atoms with van der Waals surface area (Å²) in [5.74, 6) is 0.628. The van der Waals surface area contributed by atoms with Crippen LogP contribution in [0.4, 0.5) is 5.69 Å². The molecular formula is C16H26N2O. The number of pyridine rings is 1. The molecule has 106 valence electrons. The van der Waals surface area contributed by atoms with Crippen molar-refractivity contribution < 1.29 is 4.74 Å². The highest BCUT2D eigenvalue weighted by Gasteiger charge is 2.25. The van der Waals surface area contributed by atoms with E-state index in [1.807, 2.05) is 6.20 Å². The Bertz CT molecular complexity index is 404. The minimum Gasteiger partial charge on any atom is -0.381 e. The van der Waals surface area contributed by atoms with Crippen LogP contribution in [0.15, 0.2) is 12.3 Å². The highest BCUT2D eigenvalue weighted by Crippen LogP contribution is 2.27. The molecule has 1 N–H and O–H groups in total. The first-order chi connectivity index (χ1) is 9.26. The van der Waals surface area contributed by atoms with Crippen LogP contribution in [0.1, 0.15) is 44.4 Å². The molecule has 1 aromatic rings. The predicted molar refractivity (Wildman–Crippen MR) is 79.6 cm³/mol. The number of anilines is 1. The van der Waals surface area contributed by atoms with E-state index >= 15 is 0 Å². The summed E-state index contributed by atoms with van der Waals surface area (Å²) in [5, 5.41) is 3.76. The topological polar surface area (TPSA) is 34.1 Å². The molecule has 3 heteroatoms. The maximum Gasteiger partial charge on any atom is 0.0606 e. The van der Waals surface area contributed by atoms with Crippen molar-refractivity contribution >= 4 is 5.69 Å². The van der Waals surface area contributed by atoms with E-state index < -0.39 is 0 Å². The van der Waals surface area contributed by atoms with E-state index in [-0.39, 0.29) is 0 Å². The maximum absolute atomic E-state index is 5.63. The Labute approximate surface area is 116 Å². The molecule has 0 amide bonds. The van der Waals surface area contributed by atoms with Gasteiger partial charge >= 0.3 is 0 Å². The number of nitrogens with one attached hydrogen (secondary N) is 1. The van der Waals surface area contributed by atoms with Gasteiger partial charge in [-0.2, -0.15) is 0 Å². The fourth-order valence-corrected chi connectivity index (χ4v) is 2.94.